The maximum absolute atomic E-state index is 13.0. The third-order valence-corrected chi connectivity index (χ3v) is 4.92. The van der Waals surface area contributed by atoms with Gasteiger partial charge in [-0.2, -0.15) is 13.2 Å². The number of rotatable bonds is 9. The van der Waals surface area contributed by atoms with Crippen molar-refractivity contribution in [3.8, 4) is 17.2 Å². The molecule has 35 heavy (non-hydrogen) atoms. The zero-order valence-electron chi connectivity index (χ0n) is 18.0. The third-order valence-electron chi connectivity index (χ3n) is 4.64. The Morgan fingerprint density at radius 3 is 2.23 bits per heavy atom. The second kappa shape index (κ2) is 10.5. The molecule has 0 aliphatic heterocycles. The molecule has 0 radical (unpaired) electrons. The molecule has 0 atom stereocenters. The lowest BCUT2D eigenvalue weighted by Crippen LogP contribution is -2.06. The fraction of sp³-hybridized carbons (Fsp3) is 0.182. The van der Waals surface area contributed by atoms with Crippen LogP contribution in [0.4, 0.5) is 30.2 Å². The third kappa shape index (κ3) is 6.29. The second-order valence-electron chi connectivity index (χ2n) is 7.03. The van der Waals surface area contributed by atoms with E-state index in [1.54, 1.807) is 13.0 Å². The van der Waals surface area contributed by atoms with Gasteiger partial charge in [0.05, 0.1) is 27.0 Å². The van der Waals surface area contributed by atoms with Crippen LogP contribution in [0.15, 0.2) is 54.6 Å². The minimum Gasteiger partial charge on any atom is -0.490 e. The molecule has 0 heterocycles. The maximum atomic E-state index is 13.0. The van der Waals surface area contributed by atoms with Crippen molar-refractivity contribution < 1.29 is 32.5 Å². The summed E-state index contributed by atoms with van der Waals surface area (Å²) in [5.74, 6) is -0.423. The molecule has 0 unspecified atom stereocenters. The SMILES string of the molecule is CCOc1cc(CNc2ccc([N+](=O)[O-])cc2)cc(Cl)c1Oc1ccc(C(F)(F)F)cc1[N+](=O)[O-]. The van der Waals surface area contributed by atoms with Crippen LogP contribution in [0.2, 0.25) is 5.02 Å². The smallest absolute Gasteiger partial charge is 0.416 e. The Labute approximate surface area is 201 Å². The fourth-order valence-corrected chi connectivity index (χ4v) is 3.30. The Hall–Kier alpha value is -4.06. The Kier molecular flexibility index (Phi) is 7.65. The predicted molar refractivity (Wildman–Crippen MR) is 121 cm³/mol. The van der Waals surface area contributed by atoms with E-state index >= 15 is 0 Å². The van der Waals surface area contributed by atoms with E-state index < -0.39 is 33.0 Å². The van der Waals surface area contributed by atoms with Crippen molar-refractivity contribution in [1.82, 2.24) is 0 Å². The lowest BCUT2D eigenvalue weighted by atomic mass is 10.1. The molecule has 0 saturated heterocycles. The van der Waals surface area contributed by atoms with Crippen molar-refractivity contribution >= 4 is 28.7 Å². The molecule has 9 nitrogen and oxygen atoms in total. The Bertz CT molecular complexity index is 1250. The molecular weight excluding hydrogens is 495 g/mol. The van der Waals surface area contributed by atoms with E-state index in [0.717, 1.165) is 6.07 Å². The van der Waals surface area contributed by atoms with Gasteiger partial charge in [-0.05, 0) is 48.9 Å². The standard InChI is InChI=1S/C22H17ClF3N3O6/c1-2-34-20-10-13(12-27-15-4-6-16(7-5-15)28(30)31)9-17(23)21(20)35-19-8-3-14(22(24,25)26)11-18(19)29(32)33/h3-11,27H,2,12H2,1H3. The van der Waals surface area contributed by atoms with Crippen LogP contribution in [-0.2, 0) is 12.7 Å². The number of hydrogen-bond donors (Lipinski definition) is 1. The average molecular weight is 512 g/mol. The van der Waals surface area contributed by atoms with Crippen LogP contribution in [0.3, 0.4) is 0 Å². The zero-order chi connectivity index (χ0) is 25.8. The number of hydrogen-bond acceptors (Lipinski definition) is 7. The summed E-state index contributed by atoms with van der Waals surface area (Å²) in [5.41, 5.74) is -0.921. The molecule has 0 aromatic heterocycles. The molecule has 3 aromatic rings. The number of nitrogens with zero attached hydrogens (tertiary/aromatic N) is 2. The van der Waals surface area contributed by atoms with Gasteiger partial charge in [0.1, 0.15) is 0 Å². The van der Waals surface area contributed by atoms with Gasteiger partial charge in [-0.15, -0.1) is 0 Å². The van der Waals surface area contributed by atoms with Gasteiger partial charge in [0.15, 0.2) is 11.5 Å². The number of benzene rings is 3. The molecule has 0 bridgehead atoms. The number of nitro benzene ring substituents is 2. The van der Waals surface area contributed by atoms with Crippen LogP contribution < -0.4 is 14.8 Å². The quantitative estimate of drug-likeness (QED) is 0.243. The first kappa shape index (κ1) is 25.6. The predicted octanol–water partition coefficient (Wildman–Crippen LogP) is 6.98. The highest BCUT2D eigenvalue weighted by Gasteiger charge is 2.33. The zero-order valence-corrected chi connectivity index (χ0v) is 18.7. The highest BCUT2D eigenvalue weighted by molar-refractivity contribution is 6.32. The molecule has 13 heteroatoms. The summed E-state index contributed by atoms with van der Waals surface area (Å²) in [4.78, 5) is 20.6. The van der Waals surface area contributed by atoms with E-state index in [9.17, 15) is 33.4 Å². The lowest BCUT2D eigenvalue weighted by Gasteiger charge is -2.16. The van der Waals surface area contributed by atoms with Crippen LogP contribution in [0, 0.1) is 20.2 Å². The summed E-state index contributed by atoms with van der Waals surface area (Å²) in [6, 6.07) is 10.7. The summed E-state index contributed by atoms with van der Waals surface area (Å²) in [6.45, 7) is 2.10. The Morgan fingerprint density at radius 2 is 1.66 bits per heavy atom. The summed E-state index contributed by atoms with van der Waals surface area (Å²) < 4.78 is 50.0. The van der Waals surface area contributed by atoms with Gasteiger partial charge in [-0.25, -0.2) is 0 Å². The number of anilines is 1. The van der Waals surface area contributed by atoms with Gasteiger partial charge in [0.2, 0.25) is 5.75 Å². The van der Waals surface area contributed by atoms with Gasteiger partial charge in [0, 0.05) is 30.4 Å². The van der Waals surface area contributed by atoms with Crippen molar-refractivity contribution in [2.45, 2.75) is 19.6 Å². The van der Waals surface area contributed by atoms with Crippen molar-refractivity contribution in [3.63, 3.8) is 0 Å². The van der Waals surface area contributed by atoms with Gasteiger partial charge in [-0.3, -0.25) is 20.2 Å². The van der Waals surface area contributed by atoms with Crippen LogP contribution in [-0.4, -0.2) is 16.5 Å². The lowest BCUT2D eigenvalue weighted by molar-refractivity contribution is -0.385. The molecule has 3 rings (SSSR count). The normalized spacial score (nSPS) is 11.1. The largest absolute Gasteiger partial charge is 0.490 e. The molecule has 0 fully saturated rings. The van der Waals surface area contributed by atoms with Gasteiger partial charge < -0.3 is 14.8 Å². The van der Waals surface area contributed by atoms with Crippen LogP contribution in [0.1, 0.15) is 18.1 Å². The second-order valence-corrected chi connectivity index (χ2v) is 7.44. The van der Waals surface area contributed by atoms with Crippen LogP contribution >= 0.6 is 11.6 Å². The van der Waals surface area contributed by atoms with Crippen LogP contribution in [0.25, 0.3) is 0 Å². The first-order valence-corrected chi connectivity index (χ1v) is 10.3. The van der Waals surface area contributed by atoms with Gasteiger partial charge in [0.25, 0.3) is 5.69 Å². The number of nitrogens with one attached hydrogen (secondary N) is 1. The monoisotopic (exact) mass is 511 g/mol. The fourth-order valence-electron chi connectivity index (χ4n) is 3.02. The topological polar surface area (TPSA) is 117 Å². The molecule has 0 aliphatic carbocycles. The summed E-state index contributed by atoms with van der Waals surface area (Å²) in [5, 5.41) is 25.2. The van der Waals surface area contributed by atoms with E-state index in [1.807, 2.05) is 0 Å². The highest BCUT2D eigenvalue weighted by Crippen LogP contribution is 2.43. The van der Waals surface area contributed by atoms with Crippen molar-refractivity contribution in [2.75, 3.05) is 11.9 Å². The number of nitro groups is 2. The van der Waals surface area contributed by atoms with Crippen molar-refractivity contribution in [2.24, 2.45) is 0 Å². The average Bonchev–Trinajstić information content (AvgIpc) is 2.79. The Balaban J connectivity index is 1.88. The van der Waals surface area contributed by atoms with Crippen molar-refractivity contribution in [1.29, 1.82) is 0 Å². The van der Waals surface area contributed by atoms with Gasteiger partial charge >= 0.3 is 11.9 Å². The number of ether oxygens (including phenoxy) is 2. The minimum atomic E-state index is -4.77. The van der Waals surface area contributed by atoms with E-state index in [0.29, 0.717) is 23.4 Å². The van der Waals surface area contributed by atoms with Gasteiger partial charge in [-0.1, -0.05) is 11.6 Å². The molecule has 0 aliphatic rings. The first-order chi connectivity index (χ1) is 16.5. The molecule has 1 N–H and O–H groups in total. The minimum absolute atomic E-state index is 0.00523. The molecule has 3 aromatic carbocycles. The summed E-state index contributed by atoms with van der Waals surface area (Å²) in [7, 11) is 0. The molecular formula is C22H17ClF3N3O6. The summed E-state index contributed by atoms with van der Waals surface area (Å²) >= 11 is 6.34. The maximum Gasteiger partial charge on any atom is 0.416 e. The molecule has 184 valence electrons. The number of non-ortho nitro benzene ring substituents is 1. The van der Waals surface area contributed by atoms with E-state index in [1.165, 1.54) is 30.3 Å². The molecule has 0 amide bonds. The number of halogens is 4. The van der Waals surface area contributed by atoms with Crippen molar-refractivity contribution in [3.05, 3.63) is 91.0 Å². The van der Waals surface area contributed by atoms with Crippen LogP contribution in [0.5, 0.6) is 17.2 Å². The van der Waals surface area contributed by atoms with E-state index in [-0.39, 0.29) is 35.4 Å². The number of alkyl halides is 3. The molecule has 0 saturated carbocycles. The Morgan fingerprint density at radius 1 is 0.971 bits per heavy atom. The summed E-state index contributed by atoms with van der Waals surface area (Å²) in [6.07, 6.45) is -4.77. The molecule has 0 spiro atoms. The van der Waals surface area contributed by atoms with E-state index in [4.69, 9.17) is 21.1 Å². The first-order valence-electron chi connectivity index (χ1n) is 9.96. The van der Waals surface area contributed by atoms with E-state index in [2.05, 4.69) is 5.32 Å². The highest BCUT2D eigenvalue weighted by atomic mass is 35.5.